The molecule has 1 aliphatic heterocycles. The minimum atomic E-state index is -0.976. The Bertz CT molecular complexity index is 305. The Kier molecular flexibility index (Phi) is 5.59. The molecule has 0 spiro atoms. The molecule has 1 heterocycles. The molecule has 5 heteroatoms. The molecule has 4 unspecified atom stereocenters. The van der Waals surface area contributed by atoms with Crippen LogP contribution < -0.4 is 5.32 Å². The van der Waals surface area contributed by atoms with Gasteiger partial charge in [0.25, 0.3) is 0 Å². The molecular formula is C13H23NO4. The van der Waals surface area contributed by atoms with Crippen molar-refractivity contribution in [1.29, 1.82) is 0 Å². The highest BCUT2D eigenvalue weighted by atomic mass is 16.5. The van der Waals surface area contributed by atoms with Gasteiger partial charge in [0, 0.05) is 0 Å². The lowest BCUT2D eigenvalue weighted by molar-refractivity contribution is -0.144. The van der Waals surface area contributed by atoms with E-state index in [4.69, 9.17) is 9.84 Å². The first kappa shape index (κ1) is 15.0. The first-order valence-corrected chi connectivity index (χ1v) is 6.64. The second-order valence-corrected chi connectivity index (χ2v) is 5.12. The maximum absolute atomic E-state index is 12.0. The molecular weight excluding hydrogens is 234 g/mol. The van der Waals surface area contributed by atoms with Crippen LogP contribution in [0.3, 0.4) is 0 Å². The topological polar surface area (TPSA) is 75.6 Å². The highest BCUT2D eigenvalue weighted by Crippen LogP contribution is 2.25. The van der Waals surface area contributed by atoms with E-state index in [1.807, 2.05) is 20.8 Å². The van der Waals surface area contributed by atoms with Gasteiger partial charge in [0.2, 0.25) is 5.91 Å². The zero-order chi connectivity index (χ0) is 13.7. The summed E-state index contributed by atoms with van der Waals surface area (Å²) in [4.78, 5) is 23.0. The number of rotatable bonds is 6. The summed E-state index contributed by atoms with van der Waals surface area (Å²) in [6, 6.07) is -0.802. The average Bonchev–Trinajstić information content (AvgIpc) is 2.63. The highest BCUT2D eigenvalue weighted by molar-refractivity contribution is 5.86. The van der Waals surface area contributed by atoms with E-state index in [2.05, 4.69) is 5.32 Å². The Morgan fingerprint density at radius 3 is 2.56 bits per heavy atom. The first-order chi connectivity index (χ1) is 8.45. The van der Waals surface area contributed by atoms with Gasteiger partial charge in [-0.2, -0.15) is 0 Å². The van der Waals surface area contributed by atoms with Gasteiger partial charge in [-0.3, -0.25) is 4.79 Å². The van der Waals surface area contributed by atoms with E-state index in [0.29, 0.717) is 6.42 Å². The van der Waals surface area contributed by atoms with Crippen LogP contribution in [0, 0.1) is 5.92 Å². The number of nitrogens with one attached hydrogen (secondary N) is 1. The first-order valence-electron chi connectivity index (χ1n) is 6.64. The quantitative estimate of drug-likeness (QED) is 0.757. The van der Waals surface area contributed by atoms with Crippen LogP contribution in [-0.2, 0) is 14.3 Å². The molecule has 1 aliphatic rings. The Labute approximate surface area is 108 Å². The van der Waals surface area contributed by atoms with E-state index in [1.54, 1.807) is 0 Å². The number of amides is 1. The molecule has 1 rings (SSSR count). The molecule has 1 amide bonds. The molecule has 0 aromatic heterocycles. The number of unbranched alkanes of at least 4 members (excludes halogenated alkanes) is 1. The van der Waals surface area contributed by atoms with Crippen molar-refractivity contribution in [3.8, 4) is 0 Å². The molecule has 1 fully saturated rings. The standard InChI is InChI=1S/C13H23NO4/c1-4-5-6-10(13(16)17)14-12(15)11-8(2)7-9(3)18-11/h8-11H,4-7H2,1-3H3,(H,14,15)(H,16,17). The van der Waals surface area contributed by atoms with Crippen molar-refractivity contribution in [2.24, 2.45) is 5.92 Å². The van der Waals surface area contributed by atoms with E-state index in [-0.39, 0.29) is 17.9 Å². The normalized spacial score (nSPS) is 28.9. The number of carbonyl (C=O) groups excluding carboxylic acids is 1. The number of hydrogen-bond acceptors (Lipinski definition) is 3. The summed E-state index contributed by atoms with van der Waals surface area (Å²) in [5, 5.41) is 11.6. The Morgan fingerprint density at radius 1 is 1.44 bits per heavy atom. The SMILES string of the molecule is CCCCC(NC(=O)C1OC(C)CC1C)C(=O)O. The number of aliphatic carboxylic acids is 1. The molecule has 4 atom stereocenters. The largest absolute Gasteiger partial charge is 0.480 e. The zero-order valence-corrected chi connectivity index (χ0v) is 11.3. The number of carboxylic acids is 1. The third-order valence-electron chi connectivity index (χ3n) is 3.32. The summed E-state index contributed by atoms with van der Waals surface area (Å²) in [6.07, 6.45) is 2.55. The molecule has 0 radical (unpaired) electrons. The van der Waals surface area contributed by atoms with Crippen LogP contribution in [0.25, 0.3) is 0 Å². The molecule has 0 aromatic rings. The summed E-state index contributed by atoms with van der Waals surface area (Å²) in [7, 11) is 0. The molecule has 1 saturated heterocycles. The summed E-state index contributed by atoms with van der Waals surface area (Å²) in [6.45, 7) is 5.87. The predicted molar refractivity (Wildman–Crippen MR) is 67.2 cm³/mol. The number of ether oxygens (including phenoxy) is 1. The maximum atomic E-state index is 12.0. The van der Waals surface area contributed by atoms with Crippen molar-refractivity contribution < 1.29 is 19.4 Å². The number of carboxylic acid groups (broad SMARTS) is 1. The lowest BCUT2D eigenvalue weighted by Gasteiger charge is -2.19. The van der Waals surface area contributed by atoms with Crippen molar-refractivity contribution in [2.75, 3.05) is 0 Å². The van der Waals surface area contributed by atoms with Gasteiger partial charge in [-0.15, -0.1) is 0 Å². The predicted octanol–water partition coefficient (Wildman–Crippen LogP) is 1.56. The van der Waals surface area contributed by atoms with Gasteiger partial charge in [0.15, 0.2) is 0 Å². The lowest BCUT2D eigenvalue weighted by atomic mass is 10.0. The van der Waals surface area contributed by atoms with Crippen molar-refractivity contribution in [3.63, 3.8) is 0 Å². The van der Waals surface area contributed by atoms with Crippen molar-refractivity contribution in [3.05, 3.63) is 0 Å². The van der Waals surface area contributed by atoms with E-state index < -0.39 is 18.1 Å². The van der Waals surface area contributed by atoms with E-state index in [0.717, 1.165) is 19.3 Å². The fourth-order valence-corrected chi connectivity index (χ4v) is 2.33. The summed E-state index contributed by atoms with van der Waals surface area (Å²) in [5.41, 5.74) is 0. The van der Waals surface area contributed by atoms with Crippen LogP contribution in [0.15, 0.2) is 0 Å². The minimum absolute atomic E-state index is 0.0645. The molecule has 2 N–H and O–H groups in total. The average molecular weight is 257 g/mol. The van der Waals surface area contributed by atoms with Crippen LogP contribution >= 0.6 is 0 Å². The fraction of sp³-hybridized carbons (Fsp3) is 0.846. The minimum Gasteiger partial charge on any atom is -0.480 e. The van der Waals surface area contributed by atoms with Crippen molar-refractivity contribution in [1.82, 2.24) is 5.32 Å². The Hall–Kier alpha value is -1.10. The molecule has 5 nitrogen and oxygen atoms in total. The highest BCUT2D eigenvalue weighted by Gasteiger charge is 2.36. The van der Waals surface area contributed by atoms with Crippen LogP contribution in [0.2, 0.25) is 0 Å². The van der Waals surface area contributed by atoms with Gasteiger partial charge < -0.3 is 15.2 Å². The van der Waals surface area contributed by atoms with Gasteiger partial charge in [-0.1, -0.05) is 26.7 Å². The van der Waals surface area contributed by atoms with Gasteiger partial charge >= 0.3 is 5.97 Å². The summed E-state index contributed by atoms with van der Waals surface area (Å²) in [5.74, 6) is -1.13. The number of carbonyl (C=O) groups is 2. The molecule has 0 aliphatic carbocycles. The zero-order valence-electron chi connectivity index (χ0n) is 11.3. The van der Waals surface area contributed by atoms with Crippen LogP contribution in [0.1, 0.15) is 46.5 Å². The molecule has 0 saturated carbocycles. The third kappa shape index (κ3) is 3.98. The fourth-order valence-electron chi connectivity index (χ4n) is 2.33. The second-order valence-electron chi connectivity index (χ2n) is 5.12. The van der Waals surface area contributed by atoms with Gasteiger partial charge in [-0.25, -0.2) is 4.79 Å². The van der Waals surface area contributed by atoms with Gasteiger partial charge in [0.05, 0.1) is 6.10 Å². The molecule has 104 valence electrons. The maximum Gasteiger partial charge on any atom is 0.326 e. The smallest absolute Gasteiger partial charge is 0.326 e. The van der Waals surface area contributed by atoms with E-state index in [9.17, 15) is 9.59 Å². The van der Waals surface area contributed by atoms with Crippen molar-refractivity contribution in [2.45, 2.75) is 64.7 Å². The van der Waals surface area contributed by atoms with Crippen LogP contribution in [0.5, 0.6) is 0 Å². The lowest BCUT2D eigenvalue weighted by Crippen LogP contribution is -2.46. The van der Waals surface area contributed by atoms with E-state index in [1.165, 1.54) is 0 Å². The van der Waals surface area contributed by atoms with Crippen molar-refractivity contribution >= 4 is 11.9 Å². The summed E-state index contributed by atoms with van der Waals surface area (Å²) < 4.78 is 5.52. The molecule has 0 bridgehead atoms. The molecule has 18 heavy (non-hydrogen) atoms. The van der Waals surface area contributed by atoms with Gasteiger partial charge in [-0.05, 0) is 25.7 Å². The van der Waals surface area contributed by atoms with Crippen LogP contribution in [0.4, 0.5) is 0 Å². The monoisotopic (exact) mass is 257 g/mol. The van der Waals surface area contributed by atoms with Gasteiger partial charge in [0.1, 0.15) is 12.1 Å². The Morgan fingerprint density at radius 2 is 2.11 bits per heavy atom. The Balaban J connectivity index is 2.53. The number of hydrogen-bond donors (Lipinski definition) is 2. The summed E-state index contributed by atoms with van der Waals surface area (Å²) >= 11 is 0. The second kappa shape index (κ2) is 6.73. The molecule has 0 aromatic carbocycles. The third-order valence-corrected chi connectivity index (χ3v) is 3.32. The van der Waals surface area contributed by atoms with Crippen LogP contribution in [-0.4, -0.2) is 35.2 Å². The van der Waals surface area contributed by atoms with E-state index >= 15 is 0 Å².